The highest BCUT2D eigenvalue weighted by atomic mass is 16.5. The van der Waals surface area contributed by atoms with Gasteiger partial charge in [-0.3, -0.25) is 4.68 Å². The zero-order chi connectivity index (χ0) is 11.4. The van der Waals surface area contributed by atoms with Gasteiger partial charge in [-0.25, -0.2) is 0 Å². The lowest BCUT2D eigenvalue weighted by molar-refractivity contribution is 0.0112. The van der Waals surface area contributed by atoms with Gasteiger partial charge in [-0.2, -0.15) is 5.10 Å². The fourth-order valence-electron chi connectivity index (χ4n) is 1.68. The van der Waals surface area contributed by atoms with Gasteiger partial charge in [-0.1, -0.05) is 13.8 Å². The van der Waals surface area contributed by atoms with E-state index in [4.69, 9.17) is 10.5 Å². The van der Waals surface area contributed by atoms with Crippen molar-refractivity contribution in [3.63, 3.8) is 0 Å². The molecular formula is C11H21N3O. The lowest BCUT2D eigenvalue weighted by atomic mass is 9.98. The summed E-state index contributed by atoms with van der Waals surface area (Å²) in [5, 5.41) is 4.31. The summed E-state index contributed by atoms with van der Waals surface area (Å²) in [5.74, 6) is 0.391. The quantitative estimate of drug-likeness (QED) is 0.802. The molecule has 0 aliphatic rings. The van der Waals surface area contributed by atoms with Crippen LogP contribution in [0.2, 0.25) is 0 Å². The summed E-state index contributed by atoms with van der Waals surface area (Å²) in [6, 6.07) is 1.80. The van der Waals surface area contributed by atoms with Gasteiger partial charge in [0.2, 0.25) is 0 Å². The summed E-state index contributed by atoms with van der Waals surface area (Å²) < 4.78 is 7.42. The Labute approximate surface area is 91.4 Å². The first-order valence-corrected chi connectivity index (χ1v) is 5.43. The third-order valence-corrected chi connectivity index (χ3v) is 2.45. The van der Waals surface area contributed by atoms with E-state index in [2.05, 4.69) is 18.9 Å². The van der Waals surface area contributed by atoms with E-state index in [0.29, 0.717) is 12.5 Å². The third kappa shape index (κ3) is 3.04. The Kier molecular flexibility index (Phi) is 4.29. The number of hydrogen-bond acceptors (Lipinski definition) is 3. The summed E-state index contributed by atoms with van der Waals surface area (Å²) in [4.78, 5) is 0. The predicted molar refractivity (Wildman–Crippen MR) is 60.4 cm³/mol. The minimum absolute atomic E-state index is 0.0323. The van der Waals surface area contributed by atoms with E-state index in [1.54, 1.807) is 4.68 Å². The average Bonchev–Trinajstić information content (AvgIpc) is 2.59. The van der Waals surface area contributed by atoms with Crippen LogP contribution in [0.4, 0.5) is 0 Å². The Hall–Kier alpha value is -0.870. The van der Waals surface area contributed by atoms with Crippen LogP contribution in [-0.4, -0.2) is 22.5 Å². The topological polar surface area (TPSA) is 53.1 Å². The van der Waals surface area contributed by atoms with Crippen molar-refractivity contribution >= 4 is 0 Å². The molecule has 0 saturated heterocycles. The van der Waals surface area contributed by atoms with Crippen molar-refractivity contribution in [2.75, 3.05) is 6.61 Å². The molecule has 1 aromatic rings. The van der Waals surface area contributed by atoms with Crippen LogP contribution in [0.15, 0.2) is 12.3 Å². The van der Waals surface area contributed by atoms with Crippen molar-refractivity contribution < 1.29 is 4.74 Å². The molecule has 0 radical (unpaired) electrons. The van der Waals surface area contributed by atoms with E-state index in [0.717, 1.165) is 5.69 Å². The van der Waals surface area contributed by atoms with E-state index in [1.807, 2.05) is 26.2 Å². The highest BCUT2D eigenvalue weighted by molar-refractivity contribution is 5.07. The summed E-state index contributed by atoms with van der Waals surface area (Å²) in [7, 11) is 1.89. The van der Waals surface area contributed by atoms with Gasteiger partial charge in [0.1, 0.15) is 0 Å². The van der Waals surface area contributed by atoms with Gasteiger partial charge in [-0.05, 0) is 18.9 Å². The van der Waals surface area contributed by atoms with Gasteiger partial charge in [0.05, 0.1) is 17.8 Å². The van der Waals surface area contributed by atoms with Gasteiger partial charge >= 0.3 is 0 Å². The molecule has 0 aromatic carbocycles. The maximum Gasteiger partial charge on any atom is 0.0818 e. The first-order chi connectivity index (χ1) is 7.06. The Morgan fingerprint density at radius 1 is 1.53 bits per heavy atom. The van der Waals surface area contributed by atoms with Crippen molar-refractivity contribution in [1.82, 2.24) is 9.78 Å². The highest BCUT2D eigenvalue weighted by Gasteiger charge is 2.24. The first kappa shape index (κ1) is 12.2. The fourth-order valence-corrected chi connectivity index (χ4v) is 1.68. The van der Waals surface area contributed by atoms with E-state index >= 15 is 0 Å². The van der Waals surface area contributed by atoms with Crippen molar-refractivity contribution in [2.45, 2.75) is 32.9 Å². The Balaban J connectivity index is 2.75. The Bertz CT molecular complexity index is 296. The fraction of sp³-hybridized carbons (Fsp3) is 0.727. The molecule has 4 heteroatoms. The zero-order valence-corrected chi connectivity index (χ0v) is 9.97. The number of aryl methyl sites for hydroxylation is 1. The standard InChI is InChI=1S/C11H21N3O/c1-5-15-11(8(2)3)10(12)9-6-7-14(4)13-9/h6-8,10-11H,5,12H2,1-4H3. The van der Waals surface area contributed by atoms with Gasteiger partial charge < -0.3 is 10.5 Å². The monoisotopic (exact) mass is 211 g/mol. The smallest absolute Gasteiger partial charge is 0.0818 e. The van der Waals surface area contributed by atoms with Crippen molar-refractivity contribution in [3.8, 4) is 0 Å². The molecule has 0 bridgehead atoms. The van der Waals surface area contributed by atoms with E-state index in [9.17, 15) is 0 Å². The summed E-state index contributed by atoms with van der Waals surface area (Å²) >= 11 is 0. The second-order valence-electron chi connectivity index (χ2n) is 4.10. The van der Waals surface area contributed by atoms with Crippen molar-refractivity contribution in [1.29, 1.82) is 0 Å². The SMILES string of the molecule is CCOC(C(C)C)C(N)c1ccn(C)n1. The summed E-state index contributed by atoms with van der Waals surface area (Å²) in [5.41, 5.74) is 7.03. The number of aromatic nitrogens is 2. The molecule has 1 heterocycles. The molecule has 0 amide bonds. The molecule has 0 spiro atoms. The minimum Gasteiger partial charge on any atom is -0.376 e. The molecule has 4 nitrogen and oxygen atoms in total. The lowest BCUT2D eigenvalue weighted by Gasteiger charge is -2.25. The van der Waals surface area contributed by atoms with Gasteiger partial charge in [0.15, 0.2) is 0 Å². The largest absolute Gasteiger partial charge is 0.376 e. The van der Waals surface area contributed by atoms with Gasteiger partial charge in [0.25, 0.3) is 0 Å². The number of rotatable bonds is 5. The number of hydrogen-bond donors (Lipinski definition) is 1. The van der Waals surface area contributed by atoms with Crippen LogP contribution in [-0.2, 0) is 11.8 Å². The van der Waals surface area contributed by atoms with Crippen LogP contribution >= 0.6 is 0 Å². The van der Waals surface area contributed by atoms with Crippen LogP contribution in [0.1, 0.15) is 32.5 Å². The average molecular weight is 211 g/mol. The molecule has 15 heavy (non-hydrogen) atoms. The van der Waals surface area contributed by atoms with Gasteiger partial charge in [-0.15, -0.1) is 0 Å². The molecule has 0 aliphatic heterocycles. The summed E-state index contributed by atoms with van der Waals surface area (Å²) in [6.07, 6.45) is 1.93. The van der Waals surface area contributed by atoms with E-state index in [1.165, 1.54) is 0 Å². The maximum atomic E-state index is 6.14. The number of ether oxygens (including phenoxy) is 1. The van der Waals surface area contributed by atoms with Crippen LogP contribution in [0, 0.1) is 5.92 Å². The van der Waals surface area contributed by atoms with Crippen LogP contribution in [0.3, 0.4) is 0 Å². The third-order valence-electron chi connectivity index (χ3n) is 2.45. The van der Waals surface area contributed by atoms with E-state index < -0.39 is 0 Å². The molecule has 1 rings (SSSR count). The lowest BCUT2D eigenvalue weighted by Crippen LogP contribution is -2.33. The Morgan fingerprint density at radius 2 is 2.20 bits per heavy atom. The summed E-state index contributed by atoms with van der Waals surface area (Å²) in [6.45, 7) is 6.90. The van der Waals surface area contributed by atoms with Gasteiger partial charge in [0, 0.05) is 19.9 Å². The molecule has 86 valence electrons. The molecule has 0 aliphatic carbocycles. The van der Waals surface area contributed by atoms with Crippen molar-refractivity contribution in [3.05, 3.63) is 18.0 Å². The highest BCUT2D eigenvalue weighted by Crippen LogP contribution is 2.21. The maximum absolute atomic E-state index is 6.14. The molecule has 1 aromatic heterocycles. The zero-order valence-electron chi connectivity index (χ0n) is 9.97. The van der Waals surface area contributed by atoms with E-state index in [-0.39, 0.29) is 12.1 Å². The molecular weight excluding hydrogens is 190 g/mol. The van der Waals surface area contributed by atoms with Crippen molar-refractivity contribution in [2.24, 2.45) is 18.7 Å². The normalized spacial score (nSPS) is 15.6. The molecule has 0 fully saturated rings. The molecule has 2 N–H and O–H groups in total. The van der Waals surface area contributed by atoms with Crippen LogP contribution < -0.4 is 5.73 Å². The number of nitrogens with zero attached hydrogens (tertiary/aromatic N) is 2. The molecule has 2 atom stereocenters. The Morgan fingerprint density at radius 3 is 2.60 bits per heavy atom. The first-order valence-electron chi connectivity index (χ1n) is 5.43. The number of nitrogens with two attached hydrogens (primary N) is 1. The second kappa shape index (κ2) is 5.28. The molecule has 0 saturated carbocycles. The van der Waals surface area contributed by atoms with Crippen LogP contribution in [0.5, 0.6) is 0 Å². The predicted octanol–water partition coefficient (Wildman–Crippen LogP) is 1.48. The minimum atomic E-state index is -0.147. The van der Waals surface area contributed by atoms with Crippen LogP contribution in [0.25, 0.3) is 0 Å². The second-order valence-corrected chi connectivity index (χ2v) is 4.10. The molecule has 2 unspecified atom stereocenters.